The third-order valence-corrected chi connectivity index (χ3v) is 9.02. The van der Waals surface area contributed by atoms with Crippen LogP contribution in [-0.2, 0) is 22.3 Å². The van der Waals surface area contributed by atoms with Crippen LogP contribution in [0, 0.1) is 0 Å². The molecular weight excluding hydrogens is 605 g/mol. The Morgan fingerprint density at radius 2 is 1.47 bits per heavy atom. The van der Waals surface area contributed by atoms with E-state index in [1.165, 1.54) is 4.90 Å². The van der Waals surface area contributed by atoms with E-state index in [9.17, 15) is 18.0 Å². The highest BCUT2D eigenvalue weighted by Crippen LogP contribution is 2.39. The maximum absolute atomic E-state index is 14.0. The molecule has 2 atom stereocenters. The summed E-state index contributed by atoms with van der Waals surface area (Å²) in [4.78, 5) is 29.9. The molecule has 0 aliphatic carbocycles. The second-order valence-corrected chi connectivity index (χ2v) is 12.1. The number of alkyl halides is 3. The first-order valence-electron chi connectivity index (χ1n) is 15.8. The number of aromatic nitrogens is 4. The van der Waals surface area contributed by atoms with Crippen LogP contribution in [0.25, 0.3) is 33.6 Å². The van der Waals surface area contributed by atoms with E-state index < -0.39 is 17.9 Å². The van der Waals surface area contributed by atoms with Crippen LogP contribution >= 0.6 is 0 Å². The van der Waals surface area contributed by atoms with Gasteiger partial charge in [-0.1, -0.05) is 78.9 Å². The molecule has 241 valence electrons. The number of carbonyl (C=O) groups excluding carboxylic acids is 1. The minimum atomic E-state index is -4.65. The Hall–Kier alpha value is -4.74. The zero-order valence-corrected chi connectivity index (χ0v) is 25.6. The number of nitrogens with one attached hydrogen (secondary N) is 2. The molecule has 4 heterocycles. The van der Waals surface area contributed by atoms with E-state index in [2.05, 4.69) is 32.0 Å². The number of benzene rings is 3. The Bertz CT molecular complexity index is 1800. The maximum atomic E-state index is 14.0. The molecule has 1 radical (unpaired) electrons. The number of hydrogen-bond donors (Lipinski definition) is 2. The summed E-state index contributed by atoms with van der Waals surface area (Å²) >= 11 is 0. The molecule has 0 bridgehead atoms. The van der Waals surface area contributed by atoms with Gasteiger partial charge < -0.3 is 19.6 Å². The predicted molar refractivity (Wildman–Crippen MR) is 171 cm³/mol. The minimum absolute atomic E-state index is 0.106. The molecule has 2 N–H and O–H groups in total. The summed E-state index contributed by atoms with van der Waals surface area (Å²) in [5, 5.41) is 0. The van der Waals surface area contributed by atoms with Crippen molar-refractivity contribution in [3.05, 3.63) is 108 Å². The number of hydrogen-bond acceptors (Lipinski definition) is 5. The van der Waals surface area contributed by atoms with Crippen LogP contribution in [0.4, 0.5) is 13.2 Å². The highest BCUT2D eigenvalue weighted by Gasteiger charge is 2.40. The van der Waals surface area contributed by atoms with Crippen molar-refractivity contribution in [3.63, 3.8) is 0 Å². The molecule has 2 aliphatic rings. The standard InChI is InChI=1S/C36H34F3N6O2/c37-36(38,39)33-32(42-35(43-33)31-9-4-18-44(31)22-46)28-16-12-26(13-17-28)25-10-14-27(15-11-25)29-20-40-34(41-29)30-8-5-19-45(30)23-47-21-24-6-2-1-3-7-24/h1-3,6-7,10-17,20,30-31H,4-5,8-9,18-19,21,23H2,(H,40,41)(H,42,43)/t30-,31-/m0/s1. The van der Waals surface area contributed by atoms with Crippen LogP contribution in [-0.4, -0.2) is 56.0 Å². The SMILES string of the molecule is O=[C]N1CCC[C@H]1c1nc(C(F)(F)F)c(-c2ccc(-c3ccc(-c4cnc([C@@H]5CCCN5COCc5ccccc5)[nH]4)cc3)cc2)[nH]1. The van der Waals surface area contributed by atoms with Gasteiger partial charge >= 0.3 is 12.6 Å². The Morgan fingerprint density at radius 1 is 0.809 bits per heavy atom. The lowest BCUT2D eigenvalue weighted by Gasteiger charge is -2.22. The van der Waals surface area contributed by atoms with Crippen molar-refractivity contribution in [2.75, 3.05) is 19.8 Å². The fourth-order valence-corrected chi connectivity index (χ4v) is 6.59. The van der Waals surface area contributed by atoms with Crippen molar-refractivity contribution in [2.45, 2.75) is 50.6 Å². The highest BCUT2D eigenvalue weighted by atomic mass is 19.4. The molecule has 7 rings (SSSR count). The van der Waals surface area contributed by atoms with Crippen LogP contribution in [0.2, 0.25) is 0 Å². The molecule has 2 aromatic heterocycles. The van der Waals surface area contributed by atoms with Crippen molar-refractivity contribution < 1.29 is 22.7 Å². The topological polar surface area (TPSA) is 90.1 Å². The van der Waals surface area contributed by atoms with Crippen molar-refractivity contribution >= 4 is 6.41 Å². The van der Waals surface area contributed by atoms with Gasteiger partial charge in [0.1, 0.15) is 18.4 Å². The first kappa shape index (κ1) is 30.9. The number of imidazole rings is 2. The van der Waals surface area contributed by atoms with Gasteiger partial charge in [-0.3, -0.25) is 9.69 Å². The molecule has 0 saturated carbocycles. The van der Waals surface area contributed by atoms with E-state index >= 15 is 0 Å². The number of rotatable bonds is 10. The Labute approximate surface area is 270 Å². The summed E-state index contributed by atoms with van der Waals surface area (Å²) in [5.41, 5.74) is 4.14. The van der Waals surface area contributed by atoms with Crippen LogP contribution in [0.1, 0.15) is 60.7 Å². The zero-order chi connectivity index (χ0) is 32.4. The molecule has 0 unspecified atom stereocenters. The summed E-state index contributed by atoms with van der Waals surface area (Å²) in [6, 6.07) is 24.7. The average Bonchev–Trinajstić information content (AvgIpc) is 3.91. The Morgan fingerprint density at radius 3 is 2.17 bits per heavy atom. The quantitative estimate of drug-likeness (QED) is 0.164. The molecule has 11 heteroatoms. The van der Waals surface area contributed by atoms with Crippen molar-refractivity contribution in [1.82, 2.24) is 29.7 Å². The molecule has 2 aliphatic heterocycles. The zero-order valence-electron chi connectivity index (χ0n) is 25.6. The van der Waals surface area contributed by atoms with Crippen molar-refractivity contribution in [2.24, 2.45) is 0 Å². The summed E-state index contributed by atoms with van der Waals surface area (Å²) in [6.45, 7) is 2.52. The third kappa shape index (κ3) is 6.59. The van der Waals surface area contributed by atoms with Crippen LogP contribution < -0.4 is 0 Å². The number of likely N-dealkylation sites (tertiary alicyclic amines) is 2. The number of halogens is 3. The van der Waals surface area contributed by atoms with Gasteiger partial charge in [-0.2, -0.15) is 13.2 Å². The first-order chi connectivity index (χ1) is 22.9. The van der Waals surface area contributed by atoms with Gasteiger partial charge in [0.05, 0.1) is 36.3 Å². The maximum Gasteiger partial charge on any atom is 0.435 e. The molecule has 3 aromatic carbocycles. The van der Waals surface area contributed by atoms with Gasteiger partial charge in [0.25, 0.3) is 0 Å². The van der Waals surface area contributed by atoms with Gasteiger partial charge in [0.15, 0.2) is 5.69 Å². The van der Waals surface area contributed by atoms with E-state index in [0.29, 0.717) is 38.3 Å². The van der Waals surface area contributed by atoms with Crippen LogP contribution in [0.3, 0.4) is 0 Å². The number of amides is 1. The number of ether oxygens (including phenoxy) is 1. The molecule has 8 nitrogen and oxygen atoms in total. The minimum Gasteiger partial charge on any atom is -0.361 e. The van der Waals surface area contributed by atoms with Crippen molar-refractivity contribution in [3.8, 4) is 33.6 Å². The Kier molecular flexibility index (Phi) is 8.66. The molecule has 2 fully saturated rings. The van der Waals surface area contributed by atoms with Gasteiger partial charge in [-0.25, -0.2) is 9.97 Å². The lowest BCUT2D eigenvalue weighted by molar-refractivity contribution is -0.140. The largest absolute Gasteiger partial charge is 0.435 e. The molecular formula is C36H34F3N6O2. The van der Waals surface area contributed by atoms with E-state index in [0.717, 1.165) is 53.2 Å². The van der Waals surface area contributed by atoms with Gasteiger partial charge in [-0.05, 0) is 47.9 Å². The summed E-state index contributed by atoms with van der Waals surface area (Å²) in [7, 11) is 0. The Balaban J connectivity index is 1.03. The molecule has 0 spiro atoms. The molecule has 1 amide bonds. The lowest BCUT2D eigenvalue weighted by atomic mass is 10.0. The third-order valence-electron chi connectivity index (χ3n) is 9.02. The van der Waals surface area contributed by atoms with Gasteiger partial charge in [0, 0.05) is 18.7 Å². The summed E-state index contributed by atoms with van der Waals surface area (Å²) in [6.07, 6.45) is 2.35. The van der Waals surface area contributed by atoms with Gasteiger partial charge in [-0.15, -0.1) is 0 Å². The summed E-state index contributed by atoms with van der Waals surface area (Å²) < 4.78 is 47.9. The highest BCUT2D eigenvalue weighted by molar-refractivity contribution is 5.72. The van der Waals surface area contributed by atoms with E-state index in [4.69, 9.17) is 9.72 Å². The van der Waals surface area contributed by atoms with E-state index in [-0.39, 0.29) is 17.6 Å². The summed E-state index contributed by atoms with van der Waals surface area (Å²) in [5.74, 6) is 1.05. The van der Waals surface area contributed by atoms with E-state index in [1.807, 2.05) is 55.1 Å². The number of aromatic amines is 2. The van der Waals surface area contributed by atoms with Crippen LogP contribution in [0.5, 0.6) is 0 Å². The predicted octanol–water partition coefficient (Wildman–Crippen LogP) is 7.67. The average molecular weight is 640 g/mol. The molecule has 5 aromatic rings. The fraction of sp³-hybridized carbons (Fsp3) is 0.306. The smallest absolute Gasteiger partial charge is 0.361 e. The van der Waals surface area contributed by atoms with Crippen LogP contribution in [0.15, 0.2) is 85.1 Å². The normalized spacial score (nSPS) is 18.7. The second kappa shape index (κ2) is 13.2. The fourth-order valence-electron chi connectivity index (χ4n) is 6.59. The first-order valence-corrected chi connectivity index (χ1v) is 15.8. The lowest BCUT2D eigenvalue weighted by Crippen LogP contribution is -2.26. The molecule has 47 heavy (non-hydrogen) atoms. The van der Waals surface area contributed by atoms with E-state index in [1.54, 1.807) is 24.3 Å². The van der Waals surface area contributed by atoms with Gasteiger partial charge in [0.2, 0.25) is 0 Å². The second-order valence-electron chi connectivity index (χ2n) is 12.1. The monoisotopic (exact) mass is 639 g/mol. The molecule has 2 saturated heterocycles. The van der Waals surface area contributed by atoms with Crippen molar-refractivity contribution in [1.29, 1.82) is 0 Å². The number of H-pyrrole nitrogens is 2. The number of nitrogens with zero attached hydrogens (tertiary/aromatic N) is 4.